The van der Waals surface area contributed by atoms with Crippen LogP contribution in [0.1, 0.15) is 31.7 Å². The van der Waals surface area contributed by atoms with Gasteiger partial charge in [0, 0.05) is 36.6 Å². The number of aromatic nitrogens is 4. The lowest BCUT2D eigenvalue weighted by Gasteiger charge is -2.26. The van der Waals surface area contributed by atoms with Gasteiger partial charge in [0.05, 0.1) is 25.1 Å². The first kappa shape index (κ1) is 28.0. The molecule has 196 valence electrons. The van der Waals surface area contributed by atoms with Crippen LogP contribution in [0.2, 0.25) is 0 Å². The molecular formula is C21H31N9O6. The maximum absolute atomic E-state index is 13.0. The summed E-state index contributed by atoms with van der Waals surface area (Å²) in [6.45, 7) is 3.33. The van der Waals surface area contributed by atoms with Crippen molar-refractivity contribution in [3.8, 4) is 0 Å². The third-order valence-corrected chi connectivity index (χ3v) is 5.21. The Morgan fingerprint density at radius 2 is 1.44 bits per heavy atom. The van der Waals surface area contributed by atoms with Gasteiger partial charge in [-0.15, -0.1) is 0 Å². The molecule has 2 rings (SSSR count). The minimum absolute atomic E-state index is 0.114. The van der Waals surface area contributed by atoms with Crippen LogP contribution in [0.25, 0.3) is 0 Å². The third kappa shape index (κ3) is 8.50. The van der Waals surface area contributed by atoms with Crippen molar-refractivity contribution in [1.29, 1.82) is 0 Å². The summed E-state index contributed by atoms with van der Waals surface area (Å²) >= 11 is 0. The fourth-order valence-corrected chi connectivity index (χ4v) is 3.28. The molecule has 0 bridgehead atoms. The van der Waals surface area contributed by atoms with Gasteiger partial charge in [-0.3, -0.25) is 19.2 Å². The van der Waals surface area contributed by atoms with Gasteiger partial charge in [0.1, 0.15) is 18.1 Å². The summed E-state index contributed by atoms with van der Waals surface area (Å²) in [6, 6.07) is -4.93. The highest BCUT2D eigenvalue weighted by Crippen LogP contribution is 2.06. The van der Waals surface area contributed by atoms with E-state index in [-0.39, 0.29) is 12.8 Å². The normalized spacial score (nSPS) is 14.3. The van der Waals surface area contributed by atoms with Crippen molar-refractivity contribution in [2.24, 2.45) is 17.4 Å². The van der Waals surface area contributed by atoms with E-state index in [1.165, 1.54) is 25.0 Å². The molecule has 15 nitrogen and oxygen atoms in total. The lowest BCUT2D eigenvalue weighted by Crippen LogP contribution is -2.59. The number of carboxylic acids is 1. The molecule has 36 heavy (non-hydrogen) atoms. The predicted octanol–water partition coefficient (Wildman–Crippen LogP) is -2.68. The van der Waals surface area contributed by atoms with Crippen molar-refractivity contribution < 1.29 is 29.1 Å². The van der Waals surface area contributed by atoms with Gasteiger partial charge in [-0.1, -0.05) is 13.8 Å². The third-order valence-electron chi connectivity index (χ3n) is 5.21. The highest BCUT2D eigenvalue weighted by molar-refractivity contribution is 5.96. The molecule has 0 aliphatic rings. The molecule has 0 spiro atoms. The summed E-state index contributed by atoms with van der Waals surface area (Å²) in [5, 5.41) is 16.7. The molecule has 0 aromatic carbocycles. The van der Waals surface area contributed by atoms with Gasteiger partial charge in [-0.2, -0.15) is 0 Å². The number of rotatable bonds is 14. The zero-order chi connectivity index (χ0) is 26.8. The Morgan fingerprint density at radius 1 is 0.889 bits per heavy atom. The summed E-state index contributed by atoms with van der Waals surface area (Å²) in [7, 11) is 0. The number of hydrogen-bond acceptors (Lipinski definition) is 8. The second-order valence-corrected chi connectivity index (χ2v) is 8.53. The Hall–Kier alpha value is -4.27. The molecule has 0 fully saturated rings. The summed E-state index contributed by atoms with van der Waals surface area (Å²) in [5.41, 5.74) is 12.2. The molecule has 2 aromatic heterocycles. The number of hydrogen-bond donors (Lipinski definition) is 8. The van der Waals surface area contributed by atoms with Crippen LogP contribution >= 0.6 is 0 Å². The number of carboxylic acid groups (broad SMARTS) is 1. The quantitative estimate of drug-likeness (QED) is 0.133. The van der Waals surface area contributed by atoms with Gasteiger partial charge in [-0.25, -0.2) is 14.8 Å². The molecule has 4 unspecified atom stereocenters. The first-order valence-corrected chi connectivity index (χ1v) is 11.1. The largest absolute Gasteiger partial charge is 0.480 e. The molecule has 0 radical (unpaired) electrons. The zero-order valence-electron chi connectivity index (χ0n) is 19.9. The second-order valence-electron chi connectivity index (χ2n) is 8.53. The smallest absolute Gasteiger partial charge is 0.326 e. The Kier molecular flexibility index (Phi) is 10.1. The average Bonchev–Trinajstić information content (AvgIpc) is 3.49. The van der Waals surface area contributed by atoms with E-state index >= 15 is 0 Å². The van der Waals surface area contributed by atoms with Crippen LogP contribution < -0.4 is 27.4 Å². The molecule has 0 saturated carbocycles. The monoisotopic (exact) mass is 505 g/mol. The average molecular weight is 506 g/mol. The van der Waals surface area contributed by atoms with Gasteiger partial charge >= 0.3 is 5.97 Å². The number of H-pyrrole nitrogens is 2. The van der Waals surface area contributed by atoms with Crippen LogP contribution in [0.3, 0.4) is 0 Å². The molecule has 2 aromatic rings. The van der Waals surface area contributed by atoms with Crippen molar-refractivity contribution in [2.45, 2.75) is 57.3 Å². The predicted molar refractivity (Wildman–Crippen MR) is 125 cm³/mol. The van der Waals surface area contributed by atoms with Gasteiger partial charge in [0.15, 0.2) is 0 Å². The van der Waals surface area contributed by atoms with E-state index in [2.05, 4.69) is 35.9 Å². The Morgan fingerprint density at radius 3 is 1.92 bits per heavy atom. The SMILES string of the molecule is CC(C)C(NC(=O)C(N)Cc1cnc[nH]1)C(=O)NC(CC(N)=O)C(=O)NC(Cc1cnc[nH]1)C(=O)O. The maximum atomic E-state index is 13.0. The fourth-order valence-electron chi connectivity index (χ4n) is 3.28. The number of nitrogens with two attached hydrogens (primary N) is 2. The van der Waals surface area contributed by atoms with Crippen molar-refractivity contribution in [3.05, 3.63) is 36.4 Å². The topological polar surface area (TPSA) is 251 Å². The van der Waals surface area contributed by atoms with Crippen molar-refractivity contribution in [1.82, 2.24) is 35.9 Å². The molecule has 4 atom stereocenters. The number of imidazole rings is 2. The molecule has 15 heteroatoms. The fraction of sp³-hybridized carbons (Fsp3) is 0.476. The van der Waals surface area contributed by atoms with Crippen molar-refractivity contribution >= 4 is 29.6 Å². The van der Waals surface area contributed by atoms with Gasteiger partial charge in [-0.05, 0) is 5.92 Å². The van der Waals surface area contributed by atoms with Crippen molar-refractivity contribution in [3.63, 3.8) is 0 Å². The Bertz CT molecular complexity index is 1040. The van der Waals surface area contributed by atoms with Crippen LogP contribution in [0, 0.1) is 5.92 Å². The highest BCUT2D eigenvalue weighted by atomic mass is 16.4. The second kappa shape index (κ2) is 13.0. The summed E-state index contributed by atoms with van der Waals surface area (Å²) in [5.74, 6) is -4.96. The number of nitrogens with zero attached hydrogens (tertiary/aromatic N) is 2. The molecule has 4 amide bonds. The van der Waals surface area contributed by atoms with Crippen LogP contribution in [0.5, 0.6) is 0 Å². The lowest BCUT2D eigenvalue weighted by atomic mass is 10.0. The van der Waals surface area contributed by atoms with Gasteiger partial charge in [0.2, 0.25) is 23.6 Å². The maximum Gasteiger partial charge on any atom is 0.326 e. The van der Waals surface area contributed by atoms with Crippen LogP contribution in [0.15, 0.2) is 25.0 Å². The number of nitrogens with one attached hydrogen (secondary N) is 5. The van der Waals surface area contributed by atoms with E-state index in [0.717, 1.165) is 0 Å². The van der Waals surface area contributed by atoms with Gasteiger partial charge < -0.3 is 42.5 Å². The van der Waals surface area contributed by atoms with E-state index in [1.54, 1.807) is 13.8 Å². The number of carbonyl (C=O) groups is 5. The van der Waals surface area contributed by atoms with E-state index < -0.39 is 66.1 Å². The molecule has 2 heterocycles. The number of primary amides is 1. The first-order valence-electron chi connectivity index (χ1n) is 11.1. The van der Waals surface area contributed by atoms with E-state index in [1.807, 2.05) is 0 Å². The van der Waals surface area contributed by atoms with Gasteiger partial charge in [0.25, 0.3) is 0 Å². The summed E-state index contributed by atoms with van der Waals surface area (Å²) < 4.78 is 0. The highest BCUT2D eigenvalue weighted by Gasteiger charge is 2.32. The van der Waals surface area contributed by atoms with Crippen molar-refractivity contribution in [2.75, 3.05) is 0 Å². The summed E-state index contributed by atoms with van der Waals surface area (Å²) in [6.07, 6.45) is 5.16. The van der Waals surface area contributed by atoms with E-state index in [9.17, 15) is 29.1 Å². The molecule has 0 aliphatic carbocycles. The lowest BCUT2D eigenvalue weighted by molar-refractivity contribution is -0.142. The number of aromatic amines is 2. The zero-order valence-corrected chi connectivity index (χ0v) is 19.9. The Labute approximate surface area is 206 Å². The summed E-state index contributed by atoms with van der Waals surface area (Å²) in [4.78, 5) is 74.8. The minimum Gasteiger partial charge on any atom is -0.480 e. The number of aliphatic carboxylic acids is 1. The van der Waals surface area contributed by atoms with E-state index in [4.69, 9.17) is 11.5 Å². The van der Waals surface area contributed by atoms with Crippen LogP contribution in [0.4, 0.5) is 0 Å². The molecular weight excluding hydrogens is 474 g/mol. The molecule has 0 aliphatic heterocycles. The minimum atomic E-state index is -1.48. The Balaban J connectivity index is 2.08. The number of amides is 4. The van der Waals surface area contributed by atoms with Crippen LogP contribution in [-0.4, -0.2) is 78.8 Å². The van der Waals surface area contributed by atoms with E-state index in [0.29, 0.717) is 11.4 Å². The first-order chi connectivity index (χ1) is 17.0. The molecule has 0 saturated heterocycles. The standard InChI is InChI=1S/C21H31N9O6/c1-10(2)17(30-18(32)13(22)3-11-6-24-8-26-11)20(34)28-14(5-16(23)31)19(33)29-15(21(35)36)4-12-7-25-9-27-12/h6-10,13-15,17H,3-5,22H2,1-2H3,(H2,23,31)(H,24,26)(H,25,27)(H,28,34)(H,29,33)(H,30,32)(H,35,36). The molecule has 10 N–H and O–H groups in total. The number of carbonyl (C=O) groups excluding carboxylic acids is 4. The van der Waals surface area contributed by atoms with Crippen LogP contribution in [-0.2, 0) is 36.8 Å².